The van der Waals surface area contributed by atoms with Crippen molar-refractivity contribution in [3.63, 3.8) is 0 Å². The van der Waals surface area contributed by atoms with Crippen molar-refractivity contribution in [2.75, 3.05) is 6.54 Å². The van der Waals surface area contributed by atoms with Gasteiger partial charge >= 0.3 is 0 Å². The standard InChI is InChI=1S/C14H23NO2S/c1-5-15-14(13-9-7-6-8-10-13)12(4)18(16,17)11(2)3/h6-12,14-15H,5H2,1-4H3. The smallest absolute Gasteiger partial charge is 0.157 e. The summed E-state index contributed by atoms with van der Waals surface area (Å²) in [6.45, 7) is 8.00. The second-order valence-electron chi connectivity index (χ2n) is 4.79. The monoisotopic (exact) mass is 269 g/mol. The van der Waals surface area contributed by atoms with Crippen LogP contribution in [0.5, 0.6) is 0 Å². The minimum Gasteiger partial charge on any atom is -0.309 e. The molecule has 1 N–H and O–H groups in total. The Bertz CT molecular complexity index is 454. The molecule has 0 aliphatic carbocycles. The Kier molecular flexibility index (Phi) is 5.35. The van der Waals surface area contributed by atoms with E-state index in [1.165, 1.54) is 0 Å². The summed E-state index contributed by atoms with van der Waals surface area (Å²) in [5.74, 6) is 0. The van der Waals surface area contributed by atoms with E-state index in [0.717, 1.165) is 12.1 Å². The number of rotatable bonds is 6. The summed E-state index contributed by atoms with van der Waals surface area (Å²) in [6, 6.07) is 9.61. The molecular formula is C14H23NO2S. The van der Waals surface area contributed by atoms with Gasteiger partial charge in [0.2, 0.25) is 0 Å². The van der Waals surface area contributed by atoms with Gasteiger partial charge in [0, 0.05) is 6.04 Å². The minimum absolute atomic E-state index is 0.149. The van der Waals surface area contributed by atoms with Crippen molar-refractivity contribution in [1.29, 1.82) is 0 Å². The minimum atomic E-state index is -3.11. The molecule has 1 aromatic carbocycles. The molecule has 0 heterocycles. The Balaban J connectivity index is 3.07. The van der Waals surface area contributed by atoms with Crippen LogP contribution in [0.2, 0.25) is 0 Å². The molecule has 0 bridgehead atoms. The lowest BCUT2D eigenvalue weighted by molar-refractivity contribution is 0.505. The molecule has 2 unspecified atom stereocenters. The fourth-order valence-electron chi connectivity index (χ4n) is 2.05. The second-order valence-corrected chi connectivity index (χ2v) is 7.65. The van der Waals surface area contributed by atoms with Gasteiger partial charge in [-0.2, -0.15) is 0 Å². The van der Waals surface area contributed by atoms with Crippen LogP contribution in [0.4, 0.5) is 0 Å². The van der Waals surface area contributed by atoms with Crippen molar-refractivity contribution in [2.45, 2.75) is 44.2 Å². The Labute approximate surface area is 111 Å². The lowest BCUT2D eigenvalue weighted by atomic mass is 10.0. The zero-order chi connectivity index (χ0) is 13.8. The zero-order valence-electron chi connectivity index (χ0n) is 11.6. The maximum absolute atomic E-state index is 12.3. The van der Waals surface area contributed by atoms with Crippen LogP contribution in [0.3, 0.4) is 0 Å². The summed E-state index contributed by atoms with van der Waals surface area (Å²) in [5.41, 5.74) is 1.02. The maximum Gasteiger partial charge on any atom is 0.157 e. The number of nitrogens with one attached hydrogen (secondary N) is 1. The molecule has 1 rings (SSSR count). The largest absolute Gasteiger partial charge is 0.309 e. The third-order valence-electron chi connectivity index (χ3n) is 3.23. The summed E-state index contributed by atoms with van der Waals surface area (Å²) in [7, 11) is -3.11. The van der Waals surface area contributed by atoms with Crippen LogP contribution in [0, 0.1) is 0 Å². The Morgan fingerprint density at radius 1 is 1.11 bits per heavy atom. The molecule has 3 nitrogen and oxygen atoms in total. The first-order valence-corrected chi connectivity index (χ1v) is 8.03. The van der Waals surface area contributed by atoms with Crippen molar-refractivity contribution >= 4 is 9.84 Å². The highest BCUT2D eigenvalue weighted by Crippen LogP contribution is 2.24. The van der Waals surface area contributed by atoms with Crippen LogP contribution in [-0.2, 0) is 9.84 Å². The molecule has 0 amide bonds. The quantitative estimate of drug-likeness (QED) is 0.863. The first-order chi connectivity index (χ1) is 8.41. The molecule has 0 fully saturated rings. The molecule has 2 atom stereocenters. The average Bonchev–Trinajstić information content (AvgIpc) is 2.36. The maximum atomic E-state index is 12.3. The van der Waals surface area contributed by atoms with E-state index in [-0.39, 0.29) is 11.3 Å². The van der Waals surface area contributed by atoms with Crippen molar-refractivity contribution in [3.05, 3.63) is 35.9 Å². The zero-order valence-corrected chi connectivity index (χ0v) is 12.4. The average molecular weight is 269 g/mol. The van der Waals surface area contributed by atoms with Gasteiger partial charge in [-0.15, -0.1) is 0 Å². The van der Waals surface area contributed by atoms with Crippen LogP contribution < -0.4 is 5.32 Å². The summed E-state index contributed by atoms with van der Waals surface area (Å²) < 4.78 is 24.6. The number of benzene rings is 1. The molecular weight excluding hydrogens is 246 g/mol. The number of sulfone groups is 1. The first-order valence-electron chi connectivity index (χ1n) is 6.42. The molecule has 4 heteroatoms. The van der Waals surface area contributed by atoms with Gasteiger partial charge in [-0.1, -0.05) is 37.3 Å². The van der Waals surface area contributed by atoms with Crippen molar-refractivity contribution in [1.82, 2.24) is 5.32 Å². The molecule has 0 radical (unpaired) electrons. The third kappa shape index (κ3) is 3.33. The lowest BCUT2D eigenvalue weighted by Gasteiger charge is -2.26. The van der Waals surface area contributed by atoms with Gasteiger partial charge in [0.15, 0.2) is 9.84 Å². The van der Waals surface area contributed by atoms with E-state index in [1.807, 2.05) is 37.3 Å². The Hall–Kier alpha value is -0.870. The molecule has 0 spiro atoms. The third-order valence-corrected chi connectivity index (χ3v) is 5.85. The van der Waals surface area contributed by atoms with Crippen LogP contribution in [0.15, 0.2) is 30.3 Å². The highest BCUT2D eigenvalue weighted by molar-refractivity contribution is 7.92. The van der Waals surface area contributed by atoms with Crippen molar-refractivity contribution in [3.8, 4) is 0 Å². The van der Waals surface area contributed by atoms with Gasteiger partial charge in [-0.05, 0) is 32.9 Å². The van der Waals surface area contributed by atoms with E-state index in [9.17, 15) is 8.42 Å². The molecule has 0 aliphatic rings. The van der Waals surface area contributed by atoms with E-state index in [2.05, 4.69) is 5.32 Å². The SMILES string of the molecule is CCNC(c1ccccc1)C(C)S(=O)(=O)C(C)C. The summed E-state index contributed by atoms with van der Waals surface area (Å²) in [6.07, 6.45) is 0. The predicted molar refractivity (Wildman–Crippen MR) is 76.4 cm³/mol. The molecule has 0 aromatic heterocycles. The topological polar surface area (TPSA) is 46.2 Å². The number of hydrogen-bond donors (Lipinski definition) is 1. The van der Waals surface area contributed by atoms with E-state index >= 15 is 0 Å². The van der Waals surface area contributed by atoms with Gasteiger partial charge in [-0.3, -0.25) is 0 Å². The Morgan fingerprint density at radius 3 is 2.11 bits per heavy atom. The molecule has 18 heavy (non-hydrogen) atoms. The molecule has 0 saturated heterocycles. The first kappa shape index (κ1) is 15.2. The van der Waals surface area contributed by atoms with Gasteiger partial charge in [-0.25, -0.2) is 8.42 Å². The van der Waals surface area contributed by atoms with Gasteiger partial charge < -0.3 is 5.32 Å². The van der Waals surface area contributed by atoms with Gasteiger partial charge in [0.1, 0.15) is 0 Å². The molecule has 0 aliphatic heterocycles. The van der Waals surface area contributed by atoms with E-state index < -0.39 is 15.1 Å². The lowest BCUT2D eigenvalue weighted by Crippen LogP contribution is -2.38. The normalized spacial score (nSPS) is 15.6. The van der Waals surface area contributed by atoms with Gasteiger partial charge in [0.05, 0.1) is 10.5 Å². The fourth-order valence-corrected chi connectivity index (χ4v) is 3.55. The van der Waals surface area contributed by atoms with Crippen LogP contribution in [0.25, 0.3) is 0 Å². The van der Waals surface area contributed by atoms with Crippen LogP contribution >= 0.6 is 0 Å². The van der Waals surface area contributed by atoms with Crippen LogP contribution in [-0.4, -0.2) is 25.5 Å². The van der Waals surface area contributed by atoms with Crippen molar-refractivity contribution < 1.29 is 8.42 Å². The number of hydrogen-bond acceptors (Lipinski definition) is 3. The van der Waals surface area contributed by atoms with Crippen LogP contribution in [0.1, 0.15) is 39.3 Å². The molecule has 102 valence electrons. The summed E-state index contributed by atoms with van der Waals surface area (Å²) in [5, 5.41) is 2.50. The Morgan fingerprint density at radius 2 is 1.67 bits per heavy atom. The highest BCUT2D eigenvalue weighted by atomic mass is 32.2. The fraction of sp³-hybridized carbons (Fsp3) is 0.571. The molecule has 1 aromatic rings. The summed E-state index contributed by atoms with van der Waals surface area (Å²) >= 11 is 0. The molecule has 0 saturated carbocycles. The van der Waals surface area contributed by atoms with Crippen molar-refractivity contribution in [2.24, 2.45) is 0 Å². The summed E-state index contributed by atoms with van der Waals surface area (Å²) in [4.78, 5) is 0. The van der Waals surface area contributed by atoms with E-state index in [0.29, 0.717) is 0 Å². The second kappa shape index (κ2) is 6.34. The van der Waals surface area contributed by atoms with Gasteiger partial charge in [0.25, 0.3) is 0 Å². The highest BCUT2D eigenvalue weighted by Gasteiger charge is 2.32. The predicted octanol–water partition coefficient (Wildman–Crippen LogP) is 2.55. The van der Waals surface area contributed by atoms with E-state index in [1.54, 1.807) is 20.8 Å². The van der Waals surface area contributed by atoms with E-state index in [4.69, 9.17) is 0 Å².